The number of aryl methyl sites for hydroxylation is 1. The maximum Gasteiger partial charge on any atom is 0.416 e. The zero-order valence-corrected chi connectivity index (χ0v) is 19.8. The number of anilines is 2. The van der Waals surface area contributed by atoms with Crippen LogP contribution in [-0.4, -0.2) is 49.3 Å². The second kappa shape index (κ2) is 9.11. The van der Waals surface area contributed by atoms with Crippen LogP contribution in [0.5, 0.6) is 0 Å². The average Bonchev–Trinajstić information content (AvgIpc) is 3.44. The van der Waals surface area contributed by atoms with E-state index in [1.165, 1.54) is 34.4 Å². The summed E-state index contributed by atoms with van der Waals surface area (Å²) in [5, 5.41) is 7.73. The van der Waals surface area contributed by atoms with E-state index in [2.05, 4.69) is 24.8 Å². The number of nitrogens with one attached hydrogen (secondary N) is 1. The molecule has 1 aliphatic rings. The molecule has 0 spiro atoms. The van der Waals surface area contributed by atoms with Crippen molar-refractivity contribution in [2.45, 2.75) is 37.9 Å². The molecule has 0 saturated carbocycles. The van der Waals surface area contributed by atoms with E-state index in [0.29, 0.717) is 36.1 Å². The molecule has 2 atom stereocenters. The van der Waals surface area contributed by atoms with Gasteiger partial charge in [0.15, 0.2) is 5.65 Å². The average molecular weight is 545 g/mol. The molecule has 1 fully saturated rings. The number of nitrogens with zero attached hydrogens (tertiary/aromatic N) is 6. The third kappa shape index (κ3) is 5.17. The lowest BCUT2D eigenvalue weighted by Gasteiger charge is -2.34. The monoisotopic (exact) mass is 545 g/mol. The van der Waals surface area contributed by atoms with Crippen molar-refractivity contribution in [3.8, 4) is 11.1 Å². The fourth-order valence-electron chi connectivity index (χ4n) is 4.12. The smallest absolute Gasteiger partial charge is 0.347 e. The Balaban J connectivity index is 1.43. The van der Waals surface area contributed by atoms with Gasteiger partial charge >= 0.3 is 12.4 Å². The lowest BCUT2D eigenvalue weighted by molar-refractivity contribution is -0.143. The molecule has 196 valence electrons. The number of fused-ring (bicyclic) bond motifs is 1. The van der Waals surface area contributed by atoms with Gasteiger partial charge in [-0.2, -0.15) is 35.7 Å². The van der Waals surface area contributed by atoms with Crippen molar-refractivity contribution in [3.05, 3.63) is 53.5 Å². The van der Waals surface area contributed by atoms with Gasteiger partial charge in [-0.05, 0) is 49.2 Å². The maximum absolute atomic E-state index is 15.0. The van der Waals surface area contributed by atoms with E-state index in [-0.39, 0.29) is 35.3 Å². The summed E-state index contributed by atoms with van der Waals surface area (Å²) >= 11 is 1.18. The number of halogens is 7. The van der Waals surface area contributed by atoms with Crippen LogP contribution >= 0.6 is 11.5 Å². The summed E-state index contributed by atoms with van der Waals surface area (Å²) in [6, 6.07) is 3.45. The summed E-state index contributed by atoms with van der Waals surface area (Å²) < 4.78 is 100. The minimum Gasteiger partial charge on any atom is -0.347 e. The predicted octanol–water partition coefficient (Wildman–Crippen LogP) is 5.62. The molecule has 7 nitrogen and oxygen atoms in total. The number of alkyl halides is 7. The molecule has 1 aromatic carbocycles. The van der Waals surface area contributed by atoms with E-state index in [9.17, 15) is 30.7 Å². The number of piperidine rings is 1. The molecule has 0 bridgehead atoms. The quantitative estimate of drug-likeness (QED) is 0.336. The van der Waals surface area contributed by atoms with Crippen molar-refractivity contribution >= 4 is 28.3 Å². The van der Waals surface area contributed by atoms with Crippen molar-refractivity contribution in [1.29, 1.82) is 0 Å². The van der Waals surface area contributed by atoms with E-state index in [1.54, 1.807) is 11.8 Å². The second-order valence-corrected chi connectivity index (χ2v) is 9.28. The van der Waals surface area contributed by atoms with Crippen LogP contribution in [0.2, 0.25) is 0 Å². The topological polar surface area (TPSA) is 71.2 Å². The molecule has 1 N–H and O–H groups in total. The standard InChI is InChI=1S/C22H18F7N7S/c1-11-30-20(37-34-11)35-6-4-17(16(23)10-35)31-19-32-18-15(3-2-5-36(18)33-19)12-7-13(21(24,25)26)9-14(8-12)22(27,28)29/h2-3,5,7-9,16-17H,4,6,10H2,1H3,(H,31,33)/t16-,17-/m0/s1. The third-order valence-corrected chi connectivity index (χ3v) is 6.77. The molecular weight excluding hydrogens is 527 g/mol. The first-order valence-corrected chi connectivity index (χ1v) is 11.8. The Labute approximate surface area is 209 Å². The molecule has 1 saturated heterocycles. The van der Waals surface area contributed by atoms with Crippen LogP contribution in [-0.2, 0) is 12.4 Å². The Morgan fingerprint density at radius 1 is 1.03 bits per heavy atom. The van der Waals surface area contributed by atoms with Gasteiger partial charge in [-0.25, -0.2) is 13.9 Å². The van der Waals surface area contributed by atoms with Gasteiger partial charge in [0.2, 0.25) is 11.1 Å². The Kier molecular flexibility index (Phi) is 6.20. The van der Waals surface area contributed by atoms with Gasteiger partial charge in [0.05, 0.1) is 23.7 Å². The van der Waals surface area contributed by atoms with Crippen LogP contribution < -0.4 is 10.2 Å². The molecule has 3 aromatic heterocycles. The normalized spacial score (nSPS) is 19.0. The van der Waals surface area contributed by atoms with Crippen molar-refractivity contribution in [2.24, 2.45) is 0 Å². The Morgan fingerprint density at radius 2 is 1.73 bits per heavy atom. The van der Waals surface area contributed by atoms with Crippen LogP contribution in [0.1, 0.15) is 23.4 Å². The predicted molar refractivity (Wildman–Crippen MR) is 122 cm³/mol. The number of hydrogen-bond acceptors (Lipinski definition) is 7. The van der Waals surface area contributed by atoms with Gasteiger partial charge in [-0.15, -0.1) is 5.10 Å². The van der Waals surface area contributed by atoms with Crippen molar-refractivity contribution in [2.75, 3.05) is 23.3 Å². The van der Waals surface area contributed by atoms with E-state index >= 15 is 0 Å². The van der Waals surface area contributed by atoms with E-state index in [0.717, 1.165) is 0 Å². The third-order valence-electron chi connectivity index (χ3n) is 5.90. The van der Waals surface area contributed by atoms with Crippen molar-refractivity contribution in [3.63, 3.8) is 0 Å². The first kappa shape index (κ1) is 25.2. The molecule has 37 heavy (non-hydrogen) atoms. The Hall–Kier alpha value is -3.49. The van der Waals surface area contributed by atoms with Crippen molar-refractivity contribution in [1.82, 2.24) is 24.0 Å². The highest BCUT2D eigenvalue weighted by Crippen LogP contribution is 2.39. The SMILES string of the molecule is Cc1nsc(N2CC[C@H](Nc3nc4c(-c5cc(C(F)(F)F)cc(C(F)(F)F)c5)cccn4n3)[C@@H](F)C2)n1. The first-order chi connectivity index (χ1) is 17.4. The van der Waals surface area contributed by atoms with Gasteiger partial charge in [0.25, 0.3) is 0 Å². The second-order valence-electron chi connectivity index (χ2n) is 8.55. The maximum atomic E-state index is 15.0. The lowest BCUT2D eigenvalue weighted by atomic mass is 10.00. The number of aromatic nitrogens is 5. The first-order valence-electron chi connectivity index (χ1n) is 11.0. The molecule has 1 aliphatic heterocycles. The summed E-state index contributed by atoms with van der Waals surface area (Å²) in [5.74, 6) is 0.604. The van der Waals surface area contributed by atoms with Gasteiger partial charge in [0.1, 0.15) is 12.0 Å². The molecule has 15 heteroatoms. The highest BCUT2D eigenvalue weighted by atomic mass is 32.1. The molecule has 0 aliphatic carbocycles. The fourth-order valence-corrected chi connectivity index (χ4v) is 4.83. The molecular formula is C22H18F7N7S. The Bertz CT molecular complexity index is 1400. The molecule has 0 amide bonds. The minimum atomic E-state index is -4.99. The summed E-state index contributed by atoms with van der Waals surface area (Å²) in [6.45, 7) is 2.30. The fraction of sp³-hybridized carbons (Fsp3) is 0.364. The summed E-state index contributed by atoms with van der Waals surface area (Å²) in [7, 11) is 0. The van der Waals surface area contributed by atoms with Crippen LogP contribution in [0.25, 0.3) is 16.8 Å². The van der Waals surface area contributed by atoms with Gasteiger partial charge in [0, 0.05) is 29.8 Å². The summed E-state index contributed by atoms with van der Waals surface area (Å²) in [6.07, 6.45) is -9.46. The highest BCUT2D eigenvalue weighted by Gasteiger charge is 2.37. The van der Waals surface area contributed by atoms with Crippen LogP contribution in [0.4, 0.5) is 41.8 Å². The largest absolute Gasteiger partial charge is 0.416 e. The zero-order chi connectivity index (χ0) is 26.5. The van der Waals surface area contributed by atoms with Gasteiger partial charge in [-0.3, -0.25) is 0 Å². The van der Waals surface area contributed by atoms with Crippen LogP contribution in [0.3, 0.4) is 0 Å². The molecule has 4 heterocycles. The highest BCUT2D eigenvalue weighted by molar-refractivity contribution is 7.09. The molecule has 4 aromatic rings. The van der Waals surface area contributed by atoms with Gasteiger partial charge in [-0.1, -0.05) is 0 Å². The number of rotatable bonds is 4. The number of benzene rings is 1. The zero-order valence-electron chi connectivity index (χ0n) is 19.0. The lowest BCUT2D eigenvalue weighted by Crippen LogP contribution is -2.48. The summed E-state index contributed by atoms with van der Waals surface area (Å²) in [5.41, 5.74) is -3.16. The molecule has 5 rings (SSSR count). The van der Waals surface area contributed by atoms with E-state index < -0.39 is 35.7 Å². The van der Waals surface area contributed by atoms with Gasteiger partial charge < -0.3 is 10.2 Å². The van der Waals surface area contributed by atoms with Crippen molar-refractivity contribution < 1.29 is 30.7 Å². The molecule has 0 unspecified atom stereocenters. The number of pyridine rings is 1. The van der Waals surface area contributed by atoms with E-state index in [4.69, 9.17) is 0 Å². The summed E-state index contributed by atoms with van der Waals surface area (Å²) in [4.78, 5) is 10.3. The minimum absolute atomic E-state index is 0.00308. The Morgan fingerprint density at radius 3 is 2.32 bits per heavy atom. The van der Waals surface area contributed by atoms with Crippen LogP contribution in [0, 0.1) is 6.92 Å². The van der Waals surface area contributed by atoms with E-state index in [1.807, 2.05) is 0 Å². The number of hydrogen-bond donors (Lipinski definition) is 1. The molecule has 0 radical (unpaired) electrons. The van der Waals surface area contributed by atoms with Crippen LogP contribution in [0.15, 0.2) is 36.5 Å².